The first kappa shape index (κ1) is 15.0. The van der Waals surface area contributed by atoms with Crippen LogP contribution in [-0.4, -0.2) is 34.3 Å². The number of pyridine rings is 1. The van der Waals surface area contributed by atoms with Gasteiger partial charge in [0, 0.05) is 31.4 Å². The Labute approximate surface area is 134 Å². The molecule has 7 nitrogen and oxygen atoms in total. The minimum absolute atomic E-state index is 0.201. The van der Waals surface area contributed by atoms with Gasteiger partial charge in [0.25, 0.3) is 5.56 Å². The number of aromatic nitrogens is 3. The maximum absolute atomic E-state index is 11.2. The zero-order chi connectivity index (χ0) is 16.1. The van der Waals surface area contributed by atoms with Crippen LogP contribution in [0, 0.1) is 11.3 Å². The number of nitrogens with zero attached hydrogens (tertiary/aromatic N) is 4. The van der Waals surface area contributed by atoms with E-state index >= 15 is 0 Å². The third-order valence-corrected chi connectivity index (χ3v) is 4.02. The molecular formula is C16H18N6O. The van der Waals surface area contributed by atoms with Crippen LogP contribution in [0.4, 0.5) is 11.6 Å². The average molecular weight is 310 g/mol. The molecule has 0 spiro atoms. The molecule has 23 heavy (non-hydrogen) atoms. The summed E-state index contributed by atoms with van der Waals surface area (Å²) in [6.45, 7) is 1.57. The molecule has 0 aromatic carbocycles. The predicted molar refractivity (Wildman–Crippen MR) is 87.3 cm³/mol. The summed E-state index contributed by atoms with van der Waals surface area (Å²) in [6, 6.07) is 9.13. The van der Waals surface area contributed by atoms with Crippen molar-refractivity contribution < 1.29 is 0 Å². The lowest BCUT2D eigenvalue weighted by molar-refractivity contribution is 0.467. The standard InChI is InChI=1S/C16H18N6O/c17-10-12-4-3-8-18-16(12)19-11-13-5-1-2-9-22(13)14-6-7-15(23)21-20-14/h3-4,6-8,13H,1-2,5,9,11H2,(H,18,19)(H,21,23). The Kier molecular flexibility index (Phi) is 4.52. The molecule has 2 aromatic heterocycles. The van der Waals surface area contributed by atoms with Crippen LogP contribution in [0.3, 0.4) is 0 Å². The quantitative estimate of drug-likeness (QED) is 0.888. The fourth-order valence-electron chi connectivity index (χ4n) is 2.86. The molecule has 1 atom stereocenters. The molecule has 1 unspecified atom stereocenters. The molecule has 2 aromatic rings. The van der Waals surface area contributed by atoms with E-state index in [0.29, 0.717) is 17.9 Å². The molecule has 0 saturated carbocycles. The highest BCUT2D eigenvalue weighted by molar-refractivity contribution is 5.51. The Hall–Kier alpha value is -2.88. The first-order valence-electron chi connectivity index (χ1n) is 7.69. The second-order valence-electron chi connectivity index (χ2n) is 5.51. The minimum atomic E-state index is -0.201. The Bertz CT molecular complexity index is 745. The summed E-state index contributed by atoms with van der Waals surface area (Å²) in [6.07, 6.45) is 4.96. The van der Waals surface area contributed by atoms with Crippen molar-refractivity contribution in [2.45, 2.75) is 25.3 Å². The van der Waals surface area contributed by atoms with E-state index < -0.39 is 0 Å². The van der Waals surface area contributed by atoms with Crippen LogP contribution >= 0.6 is 0 Å². The third kappa shape index (κ3) is 3.48. The SMILES string of the molecule is N#Cc1cccnc1NCC1CCCCN1c1ccc(=O)[nH]n1. The molecule has 3 heterocycles. The lowest BCUT2D eigenvalue weighted by Gasteiger charge is -2.36. The van der Waals surface area contributed by atoms with E-state index in [1.165, 1.54) is 6.07 Å². The summed E-state index contributed by atoms with van der Waals surface area (Å²) in [5.74, 6) is 1.38. The molecule has 0 aliphatic carbocycles. The highest BCUT2D eigenvalue weighted by Crippen LogP contribution is 2.22. The van der Waals surface area contributed by atoms with Crippen molar-refractivity contribution in [2.75, 3.05) is 23.3 Å². The zero-order valence-corrected chi connectivity index (χ0v) is 12.7. The van der Waals surface area contributed by atoms with E-state index in [9.17, 15) is 4.79 Å². The van der Waals surface area contributed by atoms with Gasteiger partial charge in [-0.2, -0.15) is 10.4 Å². The van der Waals surface area contributed by atoms with Gasteiger partial charge in [-0.25, -0.2) is 10.1 Å². The van der Waals surface area contributed by atoms with Gasteiger partial charge in [0.2, 0.25) is 0 Å². The van der Waals surface area contributed by atoms with Gasteiger partial charge in [0.1, 0.15) is 17.7 Å². The molecule has 1 fully saturated rings. The molecule has 0 amide bonds. The molecule has 1 aliphatic rings. The van der Waals surface area contributed by atoms with Gasteiger partial charge >= 0.3 is 0 Å². The number of H-pyrrole nitrogens is 1. The summed E-state index contributed by atoms with van der Waals surface area (Å²) in [5, 5.41) is 19.0. The fraction of sp³-hybridized carbons (Fsp3) is 0.375. The molecule has 7 heteroatoms. The molecule has 1 aliphatic heterocycles. The largest absolute Gasteiger partial charge is 0.367 e. The van der Waals surface area contributed by atoms with Crippen LogP contribution in [0.2, 0.25) is 0 Å². The smallest absolute Gasteiger partial charge is 0.264 e. The first-order chi connectivity index (χ1) is 11.3. The van der Waals surface area contributed by atoms with E-state index in [1.54, 1.807) is 24.4 Å². The molecule has 0 bridgehead atoms. The van der Waals surface area contributed by atoms with Gasteiger partial charge in [-0.3, -0.25) is 4.79 Å². The van der Waals surface area contributed by atoms with Gasteiger partial charge < -0.3 is 10.2 Å². The predicted octanol–water partition coefficient (Wildman–Crippen LogP) is 1.51. The van der Waals surface area contributed by atoms with Gasteiger partial charge in [-0.05, 0) is 37.5 Å². The Morgan fingerprint density at radius 1 is 1.39 bits per heavy atom. The fourth-order valence-corrected chi connectivity index (χ4v) is 2.86. The van der Waals surface area contributed by atoms with E-state index in [0.717, 1.165) is 31.6 Å². The number of nitriles is 1. The van der Waals surface area contributed by atoms with E-state index in [1.807, 2.05) is 0 Å². The van der Waals surface area contributed by atoms with Gasteiger partial charge in [-0.1, -0.05) is 0 Å². The Balaban J connectivity index is 1.73. The van der Waals surface area contributed by atoms with Crippen molar-refractivity contribution in [1.29, 1.82) is 5.26 Å². The maximum Gasteiger partial charge on any atom is 0.264 e. The lowest BCUT2D eigenvalue weighted by atomic mass is 10.0. The number of rotatable bonds is 4. The lowest BCUT2D eigenvalue weighted by Crippen LogP contribution is -2.44. The number of anilines is 2. The second kappa shape index (κ2) is 6.92. The second-order valence-corrected chi connectivity index (χ2v) is 5.51. The third-order valence-electron chi connectivity index (χ3n) is 4.02. The van der Waals surface area contributed by atoms with Gasteiger partial charge in [0.05, 0.1) is 5.56 Å². The summed E-state index contributed by atoms with van der Waals surface area (Å²) in [4.78, 5) is 17.6. The number of hydrogen-bond donors (Lipinski definition) is 2. The van der Waals surface area contributed by atoms with Crippen molar-refractivity contribution in [3.05, 3.63) is 46.4 Å². The number of aromatic amines is 1. The number of hydrogen-bond acceptors (Lipinski definition) is 6. The highest BCUT2D eigenvalue weighted by atomic mass is 16.1. The van der Waals surface area contributed by atoms with E-state index in [-0.39, 0.29) is 11.6 Å². The van der Waals surface area contributed by atoms with Crippen LogP contribution in [-0.2, 0) is 0 Å². The van der Waals surface area contributed by atoms with Crippen molar-refractivity contribution in [2.24, 2.45) is 0 Å². The van der Waals surface area contributed by atoms with Crippen LogP contribution in [0.15, 0.2) is 35.3 Å². The van der Waals surface area contributed by atoms with Crippen LogP contribution in [0.5, 0.6) is 0 Å². The van der Waals surface area contributed by atoms with Crippen LogP contribution in [0.1, 0.15) is 24.8 Å². The first-order valence-corrected chi connectivity index (χ1v) is 7.69. The van der Waals surface area contributed by atoms with Crippen molar-refractivity contribution in [3.8, 4) is 6.07 Å². The normalized spacial score (nSPS) is 17.5. The number of piperidine rings is 1. The molecular weight excluding hydrogens is 292 g/mol. The van der Waals surface area contributed by atoms with Crippen molar-refractivity contribution >= 4 is 11.6 Å². The Morgan fingerprint density at radius 2 is 2.30 bits per heavy atom. The van der Waals surface area contributed by atoms with Gasteiger partial charge in [-0.15, -0.1) is 0 Å². The summed E-state index contributed by atoms with van der Waals surface area (Å²) in [5.41, 5.74) is 0.338. The van der Waals surface area contributed by atoms with Crippen LogP contribution in [0.25, 0.3) is 0 Å². The minimum Gasteiger partial charge on any atom is -0.367 e. The molecule has 118 valence electrons. The molecule has 0 radical (unpaired) electrons. The van der Waals surface area contributed by atoms with Gasteiger partial charge in [0.15, 0.2) is 0 Å². The Morgan fingerprint density at radius 3 is 3.09 bits per heavy atom. The monoisotopic (exact) mass is 310 g/mol. The zero-order valence-electron chi connectivity index (χ0n) is 12.7. The molecule has 3 rings (SSSR count). The average Bonchev–Trinajstić information content (AvgIpc) is 2.61. The van der Waals surface area contributed by atoms with Crippen molar-refractivity contribution in [1.82, 2.24) is 15.2 Å². The summed E-state index contributed by atoms with van der Waals surface area (Å²) in [7, 11) is 0. The highest BCUT2D eigenvalue weighted by Gasteiger charge is 2.24. The maximum atomic E-state index is 11.2. The van der Waals surface area contributed by atoms with Crippen LogP contribution < -0.4 is 15.8 Å². The summed E-state index contributed by atoms with van der Waals surface area (Å²) < 4.78 is 0. The van der Waals surface area contributed by atoms with Crippen molar-refractivity contribution in [3.63, 3.8) is 0 Å². The summed E-state index contributed by atoms with van der Waals surface area (Å²) >= 11 is 0. The van der Waals surface area contributed by atoms with E-state index in [2.05, 4.69) is 31.5 Å². The topological polar surface area (TPSA) is 97.7 Å². The molecule has 2 N–H and O–H groups in total. The van der Waals surface area contributed by atoms with E-state index in [4.69, 9.17) is 5.26 Å². The molecule has 1 saturated heterocycles. The number of nitrogens with one attached hydrogen (secondary N) is 2.